The fraction of sp³-hybridized carbons (Fsp3) is 0.286. The van der Waals surface area contributed by atoms with Gasteiger partial charge in [0.05, 0.1) is 7.11 Å². The van der Waals surface area contributed by atoms with Crippen LogP contribution in [0.2, 0.25) is 0 Å². The lowest BCUT2D eigenvalue weighted by atomic mass is 10.1. The zero-order valence-corrected chi connectivity index (χ0v) is 12.5. The summed E-state index contributed by atoms with van der Waals surface area (Å²) < 4.78 is 6.00. The van der Waals surface area contributed by atoms with Gasteiger partial charge in [0, 0.05) is 28.3 Å². The van der Waals surface area contributed by atoms with E-state index in [1.807, 2.05) is 30.8 Å². The number of thioether (sulfide) groups is 1. The van der Waals surface area contributed by atoms with E-state index in [4.69, 9.17) is 17.0 Å². The van der Waals surface area contributed by atoms with Crippen LogP contribution in [-0.4, -0.2) is 17.1 Å². The van der Waals surface area contributed by atoms with Gasteiger partial charge in [-0.3, -0.25) is 0 Å². The fourth-order valence-electron chi connectivity index (χ4n) is 2.23. The standard InChI is InChI=1S/C14H14N2OS2/c1-8-5-9(3-4-12(8)17-2)13-15-11-7-19-6-10(11)14(18)16-13/h3-5H,6-7H2,1-2H3,(H,15,16,18). The van der Waals surface area contributed by atoms with Crippen LogP contribution in [0.1, 0.15) is 16.8 Å². The topological polar surface area (TPSA) is 37.9 Å². The van der Waals surface area contributed by atoms with E-state index in [1.54, 1.807) is 7.11 Å². The number of aryl methyl sites for hydroxylation is 1. The summed E-state index contributed by atoms with van der Waals surface area (Å²) in [5.74, 6) is 3.69. The van der Waals surface area contributed by atoms with Crippen molar-refractivity contribution in [3.63, 3.8) is 0 Å². The van der Waals surface area contributed by atoms with E-state index in [2.05, 4.69) is 16.0 Å². The molecule has 0 saturated carbocycles. The highest BCUT2D eigenvalue weighted by atomic mass is 32.2. The average Bonchev–Trinajstić information content (AvgIpc) is 2.87. The van der Waals surface area contributed by atoms with Gasteiger partial charge >= 0.3 is 0 Å². The Morgan fingerprint density at radius 2 is 2.21 bits per heavy atom. The fourth-order valence-corrected chi connectivity index (χ4v) is 3.68. The van der Waals surface area contributed by atoms with E-state index in [0.717, 1.165) is 38.8 Å². The number of nitrogens with one attached hydrogen (secondary N) is 1. The van der Waals surface area contributed by atoms with Crippen LogP contribution in [0.4, 0.5) is 0 Å². The highest BCUT2D eigenvalue weighted by Gasteiger charge is 2.16. The Balaban J connectivity index is 2.10. The number of rotatable bonds is 2. The van der Waals surface area contributed by atoms with Gasteiger partial charge < -0.3 is 9.72 Å². The molecule has 1 aromatic carbocycles. The molecule has 0 radical (unpaired) electrons. The summed E-state index contributed by atoms with van der Waals surface area (Å²) in [4.78, 5) is 7.92. The number of nitrogens with zero attached hydrogens (tertiary/aromatic N) is 1. The van der Waals surface area contributed by atoms with Gasteiger partial charge in [0.2, 0.25) is 0 Å². The zero-order chi connectivity index (χ0) is 13.4. The molecule has 1 N–H and O–H groups in total. The Labute approximate surface area is 121 Å². The summed E-state index contributed by atoms with van der Waals surface area (Å²) in [7, 11) is 1.68. The Kier molecular flexibility index (Phi) is 3.33. The lowest BCUT2D eigenvalue weighted by Crippen LogP contribution is -1.98. The molecule has 19 heavy (non-hydrogen) atoms. The van der Waals surface area contributed by atoms with Crippen LogP contribution in [0, 0.1) is 11.6 Å². The molecule has 2 heterocycles. The summed E-state index contributed by atoms with van der Waals surface area (Å²) >= 11 is 7.25. The Hall–Kier alpha value is -1.33. The minimum atomic E-state index is 0.724. The molecule has 2 aromatic rings. The second kappa shape index (κ2) is 4.98. The van der Waals surface area contributed by atoms with Crippen LogP contribution in [0.5, 0.6) is 5.75 Å². The van der Waals surface area contributed by atoms with Crippen molar-refractivity contribution in [2.75, 3.05) is 7.11 Å². The summed E-state index contributed by atoms with van der Waals surface area (Å²) in [6, 6.07) is 6.04. The van der Waals surface area contributed by atoms with Crippen LogP contribution in [0.3, 0.4) is 0 Å². The number of methoxy groups -OCH3 is 1. The summed E-state index contributed by atoms with van der Waals surface area (Å²) in [6.07, 6.45) is 0. The molecule has 1 aromatic heterocycles. The minimum absolute atomic E-state index is 0.724. The van der Waals surface area contributed by atoms with Crippen LogP contribution >= 0.6 is 24.0 Å². The highest BCUT2D eigenvalue weighted by Crippen LogP contribution is 2.31. The third-order valence-electron chi connectivity index (χ3n) is 3.27. The SMILES string of the molecule is COc1ccc(-c2nc(=S)c3c([nH]2)CSC3)cc1C. The molecule has 0 amide bonds. The molecule has 0 atom stereocenters. The molecule has 0 fully saturated rings. The van der Waals surface area contributed by atoms with Crippen molar-refractivity contribution in [3.8, 4) is 17.1 Å². The van der Waals surface area contributed by atoms with Crippen molar-refractivity contribution < 1.29 is 4.74 Å². The van der Waals surface area contributed by atoms with E-state index in [-0.39, 0.29) is 0 Å². The second-order valence-corrected chi connectivity index (χ2v) is 5.90. The van der Waals surface area contributed by atoms with E-state index in [1.165, 1.54) is 11.3 Å². The van der Waals surface area contributed by atoms with E-state index in [0.29, 0.717) is 0 Å². The van der Waals surface area contributed by atoms with E-state index in [9.17, 15) is 0 Å². The molecule has 3 nitrogen and oxygen atoms in total. The van der Waals surface area contributed by atoms with Gasteiger partial charge in [-0.1, -0.05) is 12.2 Å². The number of H-pyrrole nitrogens is 1. The molecule has 0 aliphatic carbocycles. The van der Waals surface area contributed by atoms with E-state index < -0.39 is 0 Å². The lowest BCUT2D eigenvalue weighted by Gasteiger charge is -2.08. The smallest absolute Gasteiger partial charge is 0.139 e. The maximum atomic E-state index is 5.38. The average molecular weight is 290 g/mol. The first-order chi connectivity index (χ1) is 9.19. The van der Waals surface area contributed by atoms with Crippen molar-refractivity contribution >= 4 is 24.0 Å². The highest BCUT2D eigenvalue weighted by molar-refractivity contribution is 7.98. The first-order valence-electron chi connectivity index (χ1n) is 6.04. The van der Waals surface area contributed by atoms with Gasteiger partial charge in [-0.05, 0) is 30.7 Å². The van der Waals surface area contributed by atoms with Gasteiger partial charge in [0.1, 0.15) is 16.2 Å². The molecule has 0 spiro atoms. The Morgan fingerprint density at radius 1 is 1.37 bits per heavy atom. The third-order valence-corrected chi connectivity index (χ3v) is 4.59. The van der Waals surface area contributed by atoms with Gasteiger partial charge in [-0.25, -0.2) is 4.98 Å². The molecule has 98 valence electrons. The minimum Gasteiger partial charge on any atom is -0.496 e. The molecule has 0 unspecified atom stereocenters. The largest absolute Gasteiger partial charge is 0.496 e. The summed E-state index contributed by atoms with van der Waals surface area (Å²) in [5.41, 5.74) is 4.54. The molecule has 1 aliphatic heterocycles. The maximum Gasteiger partial charge on any atom is 0.139 e. The van der Waals surface area contributed by atoms with Crippen LogP contribution in [0.25, 0.3) is 11.4 Å². The van der Waals surface area contributed by atoms with Gasteiger partial charge in [-0.2, -0.15) is 11.8 Å². The zero-order valence-electron chi connectivity index (χ0n) is 10.8. The van der Waals surface area contributed by atoms with Crippen molar-refractivity contribution in [3.05, 3.63) is 39.7 Å². The van der Waals surface area contributed by atoms with Gasteiger partial charge in [0.15, 0.2) is 0 Å². The number of benzene rings is 1. The number of hydrogen-bond donors (Lipinski definition) is 1. The van der Waals surface area contributed by atoms with Crippen molar-refractivity contribution in [1.29, 1.82) is 0 Å². The number of fused-ring (bicyclic) bond motifs is 1. The molecule has 5 heteroatoms. The number of ether oxygens (including phenoxy) is 1. The summed E-state index contributed by atoms with van der Waals surface area (Å²) in [6.45, 7) is 2.03. The van der Waals surface area contributed by atoms with E-state index >= 15 is 0 Å². The first-order valence-corrected chi connectivity index (χ1v) is 7.60. The predicted octanol–water partition coefficient (Wildman–Crippen LogP) is 3.87. The molecule has 0 bridgehead atoms. The second-order valence-electron chi connectivity index (χ2n) is 4.52. The quantitative estimate of drug-likeness (QED) is 0.852. The van der Waals surface area contributed by atoms with Crippen LogP contribution in [0.15, 0.2) is 18.2 Å². The van der Waals surface area contributed by atoms with Crippen molar-refractivity contribution in [1.82, 2.24) is 9.97 Å². The number of hydrogen-bond acceptors (Lipinski definition) is 4. The maximum absolute atomic E-state index is 5.38. The molecular formula is C14H14N2OS2. The van der Waals surface area contributed by atoms with Crippen molar-refractivity contribution in [2.45, 2.75) is 18.4 Å². The molecular weight excluding hydrogens is 276 g/mol. The van der Waals surface area contributed by atoms with Gasteiger partial charge in [0.25, 0.3) is 0 Å². The number of aromatic amines is 1. The normalized spacial score (nSPS) is 13.4. The Bertz CT molecular complexity index is 694. The third kappa shape index (κ3) is 2.28. The molecule has 1 aliphatic rings. The van der Waals surface area contributed by atoms with Crippen LogP contribution < -0.4 is 4.74 Å². The molecule has 3 rings (SSSR count). The monoisotopic (exact) mass is 290 g/mol. The Morgan fingerprint density at radius 3 is 2.95 bits per heavy atom. The van der Waals surface area contributed by atoms with Gasteiger partial charge in [-0.15, -0.1) is 0 Å². The summed E-state index contributed by atoms with van der Waals surface area (Å²) in [5, 5.41) is 0. The predicted molar refractivity (Wildman–Crippen MR) is 81.1 cm³/mol. The lowest BCUT2D eigenvalue weighted by molar-refractivity contribution is 0.412. The van der Waals surface area contributed by atoms with Crippen molar-refractivity contribution in [2.24, 2.45) is 0 Å². The first kappa shape index (κ1) is 12.7. The molecule has 0 saturated heterocycles. The van der Waals surface area contributed by atoms with Crippen LogP contribution in [-0.2, 0) is 11.5 Å². The number of aromatic nitrogens is 2.